The molecule has 1 heteroatoms. The molecule has 0 atom stereocenters. The number of hydrogen-bond acceptors (Lipinski definition) is 1. The summed E-state index contributed by atoms with van der Waals surface area (Å²) in [6, 6.07) is 17.1. The van der Waals surface area contributed by atoms with Gasteiger partial charge in [-0.3, -0.25) is 0 Å². The maximum Gasteiger partial charge on any atom is 0.119 e. The molecule has 0 spiro atoms. The van der Waals surface area contributed by atoms with Crippen LogP contribution in [-0.4, -0.2) is 6.61 Å². The van der Waals surface area contributed by atoms with Crippen molar-refractivity contribution in [2.24, 2.45) is 11.8 Å². The maximum atomic E-state index is 5.77. The van der Waals surface area contributed by atoms with Crippen molar-refractivity contribution in [3.63, 3.8) is 0 Å². The van der Waals surface area contributed by atoms with Crippen LogP contribution in [0.15, 0.2) is 48.5 Å². The minimum atomic E-state index is 0.589. The summed E-state index contributed by atoms with van der Waals surface area (Å²) in [5.41, 5.74) is 3.58. The van der Waals surface area contributed by atoms with Gasteiger partial charge in [0.2, 0.25) is 0 Å². The van der Waals surface area contributed by atoms with Gasteiger partial charge < -0.3 is 4.74 Å². The van der Waals surface area contributed by atoms with E-state index < -0.39 is 0 Å². The van der Waals surface area contributed by atoms with E-state index in [-0.39, 0.29) is 0 Å². The van der Waals surface area contributed by atoms with Crippen molar-refractivity contribution in [3.05, 3.63) is 54.1 Å². The van der Waals surface area contributed by atoms with Gasteiger partial charge in [-0.25, -0.2) is 0 Å². The van der Waals surface area contributed by atoms with E-state index in [1.807, 2.05) is 0 Å². The van der Waals surface area contributed by atoms with Crippen LogP contribution in [0.25, 0.3) is 11.1 Å². The molecule has 0 radical (unpaired) electrons. The number of hydrogen-bond donors (Lipinski definition) is 0. The summed E-state index contributed by atoms with van der Waals surface area (Å²) in [5, 5.41) is 0. The van der Waals surface area contributed by atoms with Crippen LogP contribution < -0.4 is 4.74 Å². The molecule has 0 saturated heterocycles. The van der Waals surface area contributed by atoms with E-state index in [0.29, 0.717) is 5.92 Å². The van der Waals surface area contributed by atoms with Crippen molar-refractivity contribution >= 4 is 0 Å². The maximum absolute atomic E-state index is 5.77. The second-order valence-electron chi connectivity index (χ2n) is 9.49. The normalized spacial score (nSPS) is 18.1. The lowest BCUT2D eigenvalue weighted by Crippen LogP contribution is -2.13. The number of ether oxygens (including phenoxy) is 1. The topological polar surface area (TPSA) is 9.23 Å². The Hall–Kier alpha value is -2.20. The quantitative estimate of drug-likeness (QED) is 0.255. The fraction of sp³-hybridized carbons (Fsp3) is 0.548. The summed E-state index contributed by atoms with van der Waals surface area (Å²) in [5.74, 6) is 9.51. The standard InChI is InChI=1S/C31H42O/c1-3-5-7-8-9-10-26-11-13-27(14-12-26)15-16-28-17-19-29(20-18-28)30-21-23-31(24-22-30)32-25-6-4-2/h17-24,26-27H,3-14,25H2,1-2H3/t26-,27-. The van der Waals surface area contributed by atoms with Gasteiger partial charge in [0.15, 0.2) is 0 Å². The second-order valence-corrected chi connectivity index (χ2v) is 9.49. The lowest BCUT2D eigenvalue weighted by atomic mass is 9.80. The zero-order valence-electron chi connectivity index (χ0n) is 20.4. The van der Waals surface area contributed by atoms with Gasteiger partial charge in [0.05, 0.1) is 6.61 Å². The molecule has 0 aliphatic heterocycles. The first kappa shape index (κ1) is 24.4. The average molecular weight is 431 g/mol. The van der Waals surface area contributed by atoms with Crippen molar-refractivity contribution in [2.75, 3.05) is 6.61 Å². The van der Waals surface area contributed by atoms with E-state index in [9.17, 15) is 0 Å². The zero-order valence-corrected chi connectivity index (χ0v) is 20.4. The SMILES string of the molecule is CCCCCCC[C@H]1CC[C@H](C#Cc2ccc(-c3ccc(OCCCC)cc3)cc2)CC1. The second kappa shape index (κ2) is 14.1. The van der Waals surface area contributed by atoms with Gasteiger partial charge in [0.25, 0.3) is 0 Å². The largest absolute Gasteiger partial charge is 0.494 e. The Morgan fingerprint density at radius 2 is 1.34 bits per heavy atom. The highest BCUT2D eigenvalue weighted by Crippen LogP contribution is 2.32. The van der Waals surface area contributed by atoms with Gasteiger partial charge in [0, 0.05) is 11.5 Å². The number of rotatable bonds is 11. The van der Waals surface area contributed by atoms with Crippen LogP contribution in [0.2, 0.25) is 0 Å². The van der Waals surface area contributed by atoms with Crippen LogP contribution in [0.4, 0.5) is 0 Å². The van der Waals surface area contributed by atoms with Crippen molar-refractivity contribution in [1.29, 1.82) is 0 Å². The highest BCUT2D eigenvalue weighted by molar-refractivity contribution is 5.65. The molecule has 0 N–H and O–H groups in total. The summed E-state index contributed by atoms with van der Waals surface area (Å²) >= 11 is 0. The first-order chi connectivity index (χ1) is 15.8. The lowest BCUT2D eigenvalue weighted by molar-refractivity contribution is 0.294. The Kier molecular flexibility index (Phi) is 10.7. The summed E-state index contributed by atoms with van der Waals surface area (Å²) in [6.07, 6.45) is 16.1. The van der Waals surface area contributed by atoms with E-state index in [4.69, 9.17) is 4.74 Å². The van der Waals surface area contributed by atoms with Crippen molar-refractivity contribution < 1.29 is 4.74 Å². The molecule has 0 bridgehead atoms. The van der Waals surface area contributed by atoms with Crippen LogP contribution in [0.5, 0.6) is 5.75 Å². The van der Waals surface area contributed by atoms with Crippen molar-refractivity contribution in [1.82, 2.24) is 0 Å². The summed E-state index contributed by atoms with van der Waals surface area (Å²) in [6.45, 7) is 5.27. The molecule has 1 aliphatic carbocycles. The van der Waals surface area contributed by atoms with Gasteiger partial charge in [-0.1, -0.05) is 94.9 Å². The van der Waals surface area contributed by atoms with Crippen molar-refractivity contribution in [3.8, 4) is 28.7 Å². The molecule has 1 saturated carbocycles. The molecule has 0 heterocycles. The van der Waals surface area contributed by atoms with Crippen LogP contribution in [0, 0.1) is 23.7 Å². The van der Waals surface area contributed by atoms with E-state index >= 15 is 0 Å². The Bertz CT molecular complexity index is 814. The van der Waals surface area contributed by atoms with Crippen molar-refractivity contribution in [2.45, 2.75) is 90.9 Å². The van der Waals surface area contributed by atoms with E-state index in [1.165, 1.54) is 75.3 Å². The van der Waals surface area contributed by atoms with Gasteiger partial charge >= 0.3 is 0 Å². The predicted octanol–water partition coefficient (Wildman–Crippen LogP) is 9.05. The minimum absolute atomic E-state index is 0.589. The number of unbranched alkanes of at least 4 members (excludes halogenated alkanes) is 5. The first-order valence-electron chi connectivity index (χ1n) is 13.1. The molecule has 2 aromatic carbocycles. The van der Waals surface area contributed by atoms with Crippen LogP contribution in [-0.2, 0) is 0 Å². The highest BCUT2D eigenvalue weighted by Gasteiger charge is 2.19. The van der Waals surface area contributed by atoms with Crippen LogP contribution in [0.1, 0.15) is 96.5 Å². The third-order valence-electron chi connectivity index (χ3n) is 6.82. The third-order valence-corrected chi connectivity index (χ3v) is 6.82. The predicted molar refractivity (Wildman–Crippen MR) is 138 cm³/mol. The van der Waals surface area contributed by atoms with Crippen LogP contribution >= 0.6 is 0 Å². The molecular formula is C31H42O. The smallest absolute Gasteiger partial charge is 0.119 e. The summed E-state index contributed by atoms with van der Waals surface area (Å²) in [4.78, 5) is 0. The first-order valence-corrected chi connectivity index (χ1v) is 13.1. The fourth-order valence-electron chi connectivity index (χ4n) is 4.64. The monoisotopic (exact) mass is 430 g/mol. The molecule has 2 aromatic rings. The van der Waals surface area contributed by atoms with Gasteiger partial charge in [-0.2, -0.15) is 0 Å². The molecule has 1 aliphatic rings. The number of benzene rings is 2. The molecule has 1 nitrogen and oxygen atoms in total. The molecule has 1 fully saturated rings. The van der Waals surface area contributed by atoms with E-state index in [0.717, 1.165) is 36.7 Å². The molecular weight excluding hydrogens is 388 g/mol. The van der Waals surface area contributed by atoms with E-state index in [2.05, 4.69) is 74.2 Å². The Morgan fingerprint density at radius 3 is 2.00 bits per heavy atom. The Labute approximate surface area is 197 Å². The molecule has 0 unspecified atom stereocenters. The Balaban J connectivity index is 1.43. The summed E-state index contributed by atoms with van der Waals surface area (Å²) in [7, 11) is 0. The molecule has 0 amide bonds. The molecule has 32 heavy (non-hydrogen) atoms. The van der Waals surface area contributed by atoms with Gasteiger partial charge in [-0.15, -0.1) is 0 Å². The zero-order chi connectivity index (χ0) is 22.4. The summed E-state index contributed by atoms with van der Waals surface area (Å²) < 4.78 is 5.77. The molecule has 172 valence electrons. The fourth-order valence-corrected chi connectivity index (χ4v) is 4.64. The van der Waals surface area contributed by atoms with Gasteiger partial charge in [-0.05, 0) is 73.4 Å². The molecule has 0 aromatic heterocycles. The van der Waals surface area contributed by atoms with Crippen LogP contribution in [0.3, 0.4) is 0 Å². The van der Waals surface area contributed by atoms with Gasteiger partial charge in [0.1, 0.15) is 5.75 Å². The highest BCUT2D eigenvalue weighted by atomic mass is 16.5. The lowest BCUT2D eigenvalue weighted by Gasteiger charge is -2.25. The minimum Gasteiger partial charge on any atom is -0.494 e. The van der Waals surface area contributed by atoms with E-state index in [1.54, 1.807) is 0 Å². The molecule has 3 rings (SSSR count). The third kappa shape index (κ3) is 8.38. The Morgan fingerprint density at radius 1 is 0.719 bits per heavy atom. The average Bonchev–Trinajstić information content (AvgIpc) is 2.84.